The molecule has 0 unspecified atom stereocenters. The molecular formula is C13H16O2. The Morgan fingerprint density at radius 3 is 2.27 bits per heavy atom. The van der Waals surface area contributed by atoms with Gasteiger partial charge in [-0.3, -0.25) is 0 Å². The highest BCUT2D eigenvalue weighted by molar-refractivity contribution is 5.69. The van der Waals surface area contributed by atoms with E-state index in [0.29, 0.717) is 0 Å². The lowest BCUT2D eigenvalue weighted by molar-refractivity contribution is -0.112. The number of aldehydes is 1. The molecule has 0 aliphatic heterocycles. The summed E-state index contributed by atoms with van der Waals surface area (Å²) in [5, 5.41) is 0. The fraction of sp³-hybridized carbons (Fsp3) is 0.462. The van der Waals surface area contributed by atoms with E-state index in [1.54, 1.807) is 7.11 Å². The highest BCUT2D eigenvalue weighted by Crippen LogP contribution is 2.39. The number of ether oxygens (including phenoxy) is 1. The minimum atomic E-state index is -0.216. The van der Waals surface area contributed by atoms with Gasteiger partial charge >= 0.3 is 0 Å². The van der Waals surface area contributed by atoms with Crippen molar-refractivity contribution in [2.24, 2.45) is 0 Å². The second-order valence-electron chi connectivity index (χ2n) is 4.21. The van der Waals surface area contributed by atoms with E-state index in [9.17, 15) is 4.79 Å². The maximum Gasteiger partial charge on any atom is 0.130 e. The topological polar surface area (TPSA) is 26.3 Å². The Labute approximate surface area is 90.3 Å². The summed E-state index contributed by atoms with van der Waals surface area (Å²) in [5.41, 5.74) is 0.919. The second-order valence-corrected chi connectivity index (χ2v) is 4.21. The van der Waals surface area contributed by atoms with Crippen LogP contribution in [0.25, 0.3) is 0 Å². The van der Waals surface area contributed by atoms with E-state index in [0.717, 1.165) is 43.3 Å². The molecule has 1 aromatic rings. The quantitative estimate of drug-likeness (QED) is 0.707. The molecule has 1 saturated carbocycles. The molecule has 0 atom stereocenters. The molecule has 1 aliphatic rings. The van der Waals surface area contributed by atoms with Crippen LogP contribution >= 0.6 is 0 Å². The molecule has 0 bridgehead atoms. The first kappa shape index (κ1) is 10.2. The van der Waals surface area contributed by atoms with Gasteiger partial charge in [-0.1, -0.05) is 25.0 Å². The van der Waals surface area contributed by atoms with Crippen molar-refractivity contribution in [2.75, 3.05) is 7.11 Å². The first-order valence-corrected chi connectivity index (χ1v) is 5.42. The third-order valence-electron chi connectivity index (χ3n) is 3.39. The number of carbonyl (C=O) groups excluding carboxylic acids is 1. The standard InChI is InChI=1S/C13H16O2/c1-15-12-6-4-11(5-7-12)13(10-14)8-2-3-9-13/h4-7,10H,2-3,8-9H2,1H3. The van der Waals surface area contributed by atoms with E-state index in [1.165, 1.54) is 0 Å². The molecule has 15 heavy (non-hydrogen) atoms. The molecule has 2 rings (SSSR count). The predicted octanol–water partition coefficient (Wildman–Crippen LogP) is 2.71. The highest BCUT2D eigenvalue weighted by atomic mass is 16.5. The zero-order valence-electron chi connectivity index (χ0n) is 9.03. The van der Waals surface area contributed by atoms with Crippen LogP contribution in [0.3, 0.4) is 0 Å². The van der Waals surface area contributed by atoms with Gasteiger partial charge in [0, 0.05) is 0 Å². The van der Waals surface area contributed by atoms with Gasteiger partial charge in [-0.05, 0) is 30.5 Å². The number of hydrogen-bond acceptors (Lipinski definition) is 2. The van der Waals surface area contributed by atoms with Crippen LogP contribution in [0.5, 0.6) is 5.75 Å². The van der Waals surface area contributed by atoms with Crippen molar-refractivity contribution in [1.82, 2.24) is 0 Å². The van der Waals surface area contributed by atoms with E-state index in [2.05, 4.69) is 0 Å². The summed E-state index contributed by atoms with van der Waals surface area (Å²) in [6.07, 6.45) is 5.42. The van der Waals surface area contributed by atoms with Crippen molar-refractivity contribution in [1.29, 1.82) is 0 Å². The van der Waals surface area contributed by atoms with Crippen molar-refractivity contribution in [3.63, 3.8) is 0 Å². The van der Waals surface area contributed by atoms with Crippen LogP contribution in [0.2, 0.25) is 0 Å². The minimum absolute atomic E-state index is 0.216. The van der Waals surface area contributed by atoms with Crippen LogP contribution < -0.4 is 4.74 Å². The highest BCUT2D eigenvalue weighted by Gasteiger charge is 2.35. The Kier molecular flexibility index (Phi) is 2.76. The molecule has 0 aromatic heterocycles. The van der Waals surface area contributed by atoms with Crippen molar-refractivity contribution >= 4 is 6.29 Å². The first-order chi connectivity index (χ1) is 7.30. The average molecular weight is 204 g/mol. The van der Waals surface area contributed by atoms with Crippen LogP contribution in [0.1, 0.15) is 31.2 Å². The zero-order valence-corrected chi connectivity index (χ0v) is 9.03. The third-order valence-corrected chi connectivity index (χ3v) is 3.39. The van der Waals surface area contributed by atoms with E-state index in [4.69, 9.17) is 4.74 Å². The van der Waals surface area contributed by atoms with E-state index in [-0.39, 0.29) is 5.41 Å². The summed E-state index contributed by atoms with van der Waals surface area (Å²) in [6, 6.07) is 7.88. The lowest BCUT2D eigenvalue weighted by Crippen LogP contribution is -2.23. The summed E-state index contributed by atoms with van der Waals surface area (Å²) in [5.74, 6) is 0.845. The minimum Gasteiger partial charge on any atom is -0.497 e. The summed E-state index contributed by atoms with van der Waals surface area (Å²) in [7, 11) is 1.65. The maximum absolute atomic E-state index is 11.3. The van der Waals surface area contributed by atoms with Gasteiger partial charge in [-0.2, -0.15) is 0 Å². The molecule has 0 saturated heterocycles. The lowest BCUT2D eigenvalue weighted by atomic mass is 9.80. The average Bonchev–Trinajstić information content (AvgIpc) is 2.79. The number of methoxy groups -OCH3 is 1. The van der Waals surface area contributed by atoms with Gasteiger partial charge < -0.3 is 9.53 Å². The molecule has 2 nitrogen and oxygen atoms in total. The van der Waals surface area contributed by atoms with Crippen molar-refractivity contribution < 1.29 is 9.53 Å². The van der Waals surface area contributed by atoms with Gasteiger partial charge in [0.25, 0.3) is 0 Å². The molecule has 0 N–H and O–H groups in total. The third kappa shape index (κ3) is 1.76. The SMILES string of the molecule is COc1ccc(C2(C=O)CCCC2)cc1. The maximum atomic E-state index is 11.3. The van der Waals surface area contributed by atoms with Crippen LogP contribution in [-0.4, -0.2) is 13.4 Å². The summed E-state index contributed by atoms with van der Waals surface area (Å²) < 4.78 is 5.11. The fourth-order valence-electron chi connectivity index (χ4n) is 2.40. The molecule has 0 radical (unpaired) electrons. The Morgan fingerprint density at radius 2 is 1.80 bits per heavy atom. The van der Waals surface area contributed by atoms with Gasteiger partial charge in [0.1, 0.15) is 12.0 Å². The fourth-order valence-corrected chi connectivity index (χ4v) is 2.40. The van der Waals surface area contributed by atoms with Crippen LogP contribution in [-0.2, 0) is 10.2 Å². The van der Waals surface area contributed by atoms with Crippen molar-refractivity contribution in [3.05, 3.63) is 29.8 Å². The van der Waals surface area contributed by atoms with Crippen LogP contribution in [0.15, 0.2) is 24.3 Å². The van der Waals surface area contributed by atoms with Gasteiger partial charge in [-0.25, -0.2) is 0 Å². The Morgan fingerprint density at radius 1 is 1.20 bits per heavy atom. The number of hydrogen-bond donors (Lipinski definition) is 0. The van der Waals surface area contributed by atoms with Gasteiger partial charge in [0.05, 0.1) is 12.5 Å². The monoisotopic (exact) mass is 204 g/mol. The molecule has 80 valence electrons. The summed E-state index contributed by atoms with van der Waals surface area (Å²) >= 11 is 0. The van der Waals surface area contributed by atoms with Gasteiger partial charge in [-0.15, -0.1) is 0 Å². The van der Waals surface area contributed by atoms with Gasteiger partial charge in [0.2, 0.25) is 0 Å². The second kappa shape index (κ2) is 4.05. The summed E-state index contributed by atoms with van der Waals surface area (Å²) in [6.45, 7) is 0. The Hall–Kier alpha value is -1.31. The largest absolute Gasteiger partial charge is 0.497 e. The van der Waals surface area contributed by atoms with Crippen LogP contribution in [0.4, 0.5) is 0 Å². The van der Waals surface area contributed by atoms with E-state index < -0.39 is 0 Å². The van der Waals surface area contributed by atoms with Crippen molar-refractivity contribution in [2.45, 2.75) is 31.1 Å². The smallest absolute Gasteiger partial charge is 0.130 e. The van der Waals surface area contributed by atoms with Crippen LogP contribution in [0, 0.1) is 0 Å². The predicted molar refractivity (Wildman–Crippen MR) is 59.2 cm³/mol. The number of carbonyl (C=O) groups is 1. The molecule has 0 amide bonds. The van der Waals surface area contributed by atoms with E-state index in [1.807, 2.05) is 24.3 Å². The molecule has 1 aromatic carbocycles. The molecule has 1 fully saturated rings. The molecule has 0 heterocycles. The molecule has 2 heteroatoms. The lowest BCUT2D eigenvalue weighted by Gasteiger charge is -2.22. The Bertz CT molecular complexity index is 334. The summed E-state index contributed by atoms with van der Waals surface area (Å²) in [4.78, 5) is 11.3. The normalized spacial score (nSPS) is 18.7. The molecule has 1 aliphatic carbocycles. The number of benzene rings is 1. The first-order valence-electron chi connectivity index (χ1n) is 5.42. The zero-order chi connectivity index (χ0) is 10.7. The number of rotatable bonds is 3. The molecule has 0 spiro atoms. The Balaban J connectivity index is 2.30. The van der Waals surface area contributed by atoms with Gasteiger partial charge in [0.15, 0.2) is 0 Å². The molecular weight excluding hydrogens is 188 g/mol. The van der Waals surface area contributed by atoms with E-state index >= 15 is 0 Å². The van der Waals surface area contributed by atoms with Crippen molar-refractivity contribution in [3.8, 4) is 5.75 Å².